The maximum absolute atomic E-state index is 12.2. The number of amides is 1. The fourth-order valence-corrected chi connectivity index (χ4v) is 2.05. The standard InChI is InChI=1S/C16H14N2O3/c1-20-11-6-7-12(17)13(9-11)18-16(19)15-8-10-4-2-3-5-14(10)21-15/h2-9H,17H2,1H3,(H,18,19). The Balaban J connectivity index is 1.89. The minimum Gasteiger partial charge on any atom is -0.497 e. The molecule has 0 bridgehead atoms. The highest BCUT2D eigenvalue weighted by atomic mass is 16.5. The summed E-state index contributed by atoms with van der Waals surface area (Å²) in [5, 5.41) is 3.60. The van der Waals surface area contributed by atoms with Gasteiger partial charge in [-0.3, -0.25) is 4.79 Å². The van der Waals surface area contributed by atoms with E-state index in [4.69, 9.17) is 14.9 Å². The van der Waals surface area contributed by atoms with Crippen LogP contribution in [0.25, 0.3) is 11.0 Å². The number of nitrogens with two attached hydrogens (primary N) is 1. The van der Waals surface area contributed by atoms with Crippen molar-refractivity contribution in [2.75, 3.05) is 18.2 Å². The second-order valence-electron chi connectivity index (χ2n) is 4.56. The van der Waals surface area contributed by atoms with E-state index in [1.807, 2.05) is 24.3 Å². The molecule has 3 rings (SSSR count). The molecule has 5 nitrogen and oxygen atoms in total. The molecule has 0 aliphatic heterocycles. The maximum atomic E-state index is 12.2. The summed E-state index contributed by atoms with van der Waals surface area (Å²) in [5.74, 6) is 0.494. The number of methoxy groups -OCH3 is 1. The van der Waals surface area contributed by atoms with Gasteiger partial charge in [0.05, 0.1) is 18.5 Å². The molecule has 1 amide bonds. The summed E-state index contributed by atoms with van der Waals surface area (Å²) in [6.45, 7) is 0. The third kappa shape index (κ3) is 2.53. The number of furan rings is 1. The number of carbonyl (C=O) groups is 1. The molecule has 0 aliphatic carbocycles. The maximum Gasteiger partial charge on any atom is 0.291 e. The predicted molar refractivity (Wildman–Crippen MR) is 81.6 cm³/mol. The minimum absolute atomic E-state index is 0.235. The molecule has 2 aromatic carbocycles. The Bertz CT molecular complexity index is 775. The van der Waals surface area contributed by atoms with Crippen molar-refractivity contribution in [3.05, 3.63) is 54.3 Å². The molecule has 21 heavy (non-hydrogen) atoms. The van der Waals surface area contributed by atoms with Crippen LogP contribution in [-0.2, 0) is 0 Å². The van der Waals surface area contributed by atoms with Crippen LogP contribution in [0, 0.1) is 0 Å². The zero-order chi connectivity index (χ0) is 14.8. The summed E-state index contributed by atoms with van der Waals surface area (Å²) >= 11 is 0. The Labute approximate surface area is 121 Å². The van der Waals surface area contributed by atoms with Crippen molar-refractivity contribution in [2.24, 2.45) is 0 Å². The first-order valence-corrected chi connectivity index (χ1v) is 6.41. The van der Waals surface area contributed by atoms with Gasteiger partial charge in [0.25, 0.3) is 5.91 Å². The monoisotopic (exact) mass is 282 g/mol. The van der Waals surface area contributed by atoms with Crippen molar-refractivity contribution >= 4 is 28.3 Å². The van der Waals surface area contributed by atoms with E-state index in [9.17, 15) is 4.79 Å². The summed E-state index contributed by atoms with van der Waals surface area (Å²) in [6.07, 6.45) is 0. The third-order valence-electron chi connectivity index (χ3n) is 3.16. The van der Waals surface area contributed by atoms with Crippen LogP contribution in [0.15, 0.2) is 52.9 Å². The molecule has 0 spiro atoms. The Morgan fingerprint density at radius 1 is 1.19 bits per heavy atom. The third-order valence-corrected chi connectivity index (χ3v) is 3.16. The van der Waals surface area contributed by atoms with Gasteiger partial charge in [-0.05, 0) is 24.3 Å². The highest BCUT2D eigenvalue weighted by Gasteiger charge is 2.13. The summed E-state index contributed by atoms with van der Waals surface area (Å²) in [7, 11) is 1.55. The van der Waals surface area contributed by atoms with E-state index in [1.165, 1.54) is 0 Å². The van der Waals surface area contributed by atoms with Crippen LogP contribution in [0.3, 0.4) is 0 Å². The van der Waals surface area contributed by atoms with Crippen molar-refractivity contribution in [1.82, 2.24) is 0 Å². The average Bonchev–Trinajstić information content (AvgIpc) is 2.93. The highest BCUT2D eigenvalue weighted by molar-refractivity contribution is 6.06. The summed E-state index contributed by atoms with van der Waals surface area (Å²) in [6, 6.07) is 14.2. The molecule has 3 N–H and O–H groups in total. The number of benzene rings is 2. The van der Waals surface area contributed by atoms with E-state index in [-0.39, 0.29) is 11.7 Å². The van der Waals surface area contributed by atoms with Gasteiger partial charge in [0, 0.05) is 11.5 Å². The summed E-state index contributed by atoms with van der Waals surface area (Å²) in [4.78, 5) is 12.2. The number of hydrogen-bond donors (Lipinski definition) is 2. The van der Waals surface area contributed by atoms with Crippen molar-refractivity contribution < 1.29 is 13.9 Å². The normalized spacial score (nSPS) is 10.5. The molecule has 0 radical (unpaired) electrons. The lowest BCUT2D eigenvalue weighted by Crippen LogP contribution is -2.12. The van der Waals surface area contributed by atoms with Gasteiger partial charge in [-0.2, -0.15) is 0 Å². The van der Waals surface area contributed by atoms with E-state index in [0.717, 1.165) is 5.39 Å². The minimum atomic E-state index is -0.355. The topological polar surface area (TPSA) is 77.5 Å². The fraction of sp³-hybridized carbons (Fsp3) is 0.0625. The van der Waals surface area contributed by atoms with Crippen LogP contribution in [-0.4, -0.2) is 13.0 Å². The molecule has 0 aliphatic rings. The fourth-order valence-electron chi connectivity index (χ4n) is 2.05. The molecule has 0 saturated heterocycles. The molecule has 0 fully saturated rings. The highest BCUT2D eigenvalue weighted by Crippen LogP contribution is 2.26. The number of carbonyl (C=O) groups excluding carboxylic acids is 1. The molecule has 106 valence electrons. The van der Waals surface area contributed by atoms with Crippen molar-refractivity contribution in [1.29, 1.82) is 0 Å². The summed E-state index contributed by atoms with van der Waals surface area (Å²) in [5.41, 5.74) is 7.46. The van der Waals surface area contributed by atoms with Crippen LogP contribution in [0.2, 0.25) is 0 Å². The van der Waals surface area contributed by atoms with Crippen LogP contribution in [0.4, 0.5) is 11.4 Å². The van der Waals surface area contributed by atoms with Gasteiger partial charge in [0.2, 0.25) is 0 Å². The molecule has 3 aromatic rings. The molecule has 5 heteroatoms. The first kappa shape index (κ1) is 13.1. The van der Waals surface area contributed by atoms with Gasteiger partial charge < -0.3 is 20.2 Å². The quantitative estimate of drug-likeness (QED) is 0.723. The molecule has 1 heterocycles. The number of ether oxygens (including phenoxy) is 1. The second kappa shape index (κ2) is 5.20. The van der Waals surface area contributed by atoms with Gasteiger partial charge in [0.1, 0.15) is 11.3 Å². The Morgan fingerprint density at radius 2 is 2.00 bits per heavy atom. The number of para-hydroxylation sites is 1. The van der Waals surface area contributed by atoms with Crippen LogP contribution in [0.1, 0.15) is 10.6 Å². The zero-order valence-corrected chi connectivity index (χ0v) is 11.4. The second-order valence-corrected chi connectivity index (χ2v) is 4.56. The SMILES string of the molecule is COc1ccc(N)c(NC(=O)c2cc3ccccc3o2)c1. The average molecular weight is 282 g/mol. The number of fused-ring (bicyclic) bond motifs is 1. The van der Waals surface area contributed by atoms with Crippen LogP contribution in [0.5, 0.6) is 5.75 Å². The number of nitrogens with one attached hydrogen (secondary N) is 1. The molecular formula is C16H14N2O3. The molecule has 1 aromatic heterocycles. The Morgan fingerprint density at radius 3 is 2.76 bits per heavy atom. The van der Waals surface area contributed by atoms with Gasteiger partial charge in [-0.25, -0.2) is 0 Å². The van der Waals surface area contributed by atoms with Crippen molar-refractivity contribution in [3.8, 4) is 5.75 Å². The number of nitrogen functional groups attached to an aromatic ring is 1. The Kier molecular flexibility index (Phi) is 3.23. The van der Waals surface area contributed by atoms with Crippen molar-refractivity contribution in [3.63, 3.8) is 0 Å². The molecule has 0 unspecified atom stereocenters. The van der Waals surface area contributed by atoms with Gasteiger partial charge in [-0.1, -0.05) is 18.2 Å². The zero-order valence-electron chi connectivity index (χ0n) is 11.4. The van der Waals surface area contributed by atoms with E-state index >= 15 is 0 Å². The first-order valence-electron chi connectivity index (χ1n) is 6.41. The van der Waals surface area contributed by atoms with E-state index in [1.54, 1.807) is 31.4 Å². The number of hydrogen-bond acceptors (Lipinski definition) is 4. The number of rotatable bonds is 3. The first-order chi connectivity index (χ1) is 10.2. The van der Waals surface area contributed by atoms with Gasteiger partial charge >= 0.3 is 0 Å². The van der Waals surface area contributed by atoms with Crippen LogP contribution < -0.4 is 15.8 Å². The largest absolute Gasteiger partial charge is 0.497 e. The lowest BCUT2D eigenvalue weighted by Gasteiger charge is -2.08. The smallest absolute Gasteiger partial charge is 0.291 e. The van der Waals surface area contributed by atoms with E-state index in [2.05, 4.69) is 5.32 Å². The van der Waals surface area contributed by atoms with E-state index in [0.29, 0.717) is 22.7 Å². The van der Waals surface area contributed by atoms with Crippen molar-refractivity contribution in [2.45, 2.75) is 0 Å². The van der Waals surface area contributed by atoms with E-state index < -0.39 is 0 Å². The van der Waals surface area contributed by atoms with Crippen LogP contribution >= 0.6 is 0 Å². The lowest BCUT2D eigenvalue weighted by molar-refractivity contribution is 0.0999. The number of anilines is 2. The van der Waals surface area contributed by atoms with Gasteiger partial charge in [0.15, 0.2) is 5.76 Å². The molecule has 0 atom stereocenters. The molecular weight excluding hydrogens is 268 g/mol. The lowest BCUT2D eigenvalue weighted by atomic mass is 10.2. The Hall–Kier alpha value is -2.95. The van der Waals surface area contributed by atoms with Gasteiger partial charge in [-0.15, -0.1) is 0 Å². The summed E-state index contributed by atoms with van der Waals surface area (Å²) < 4.78 is 10.6. The molecule has 0 saturated carbocycles. The predicted octanol–water partition coefficient (Wildman–Crippen LogP) is 3.28.